The lowest BCUT2D eigenvalue weighted by atomic mass is 10.2. The smallest absolute Gasteiger partial charge is 0.154 e. The van der Waals surface area contributed by atoms with E-state index in [0.29, 0.717) is 9.34 Å². The van der Waals surface area contributed by atoms with Crippen LogP contribution in [-0.2, 0) is 5.75 Å². The van der Waals surface area contributed by atoms with Gasteiger partial charge in [0.1, 0.15) is 0 Å². The lowest BCUT2D eigenvalue weighted by Gasteiger charge is -2.03. The van der Waals surface area contributed by atoms with Crippen LogP contribution in [0.25, 0.3) is 0 Å². The van der Waals surface area contributed by atoms with Crippen molar-refractivity contribution in [2.75, 3.05) is 0 Å². The van der Waals surface area contributed by atoms with Crippen molar-refractivity contribution in [3.05, 3.63) is 70.7 Å². The summed E-state index contributed by atoms with van der Waals surface area (Å²) in [5, 5.41) is 4.76. The maximum Gasteiger partial charge on any atom is 0.154 e. The molecule has 0 heterocycles. The average molecular weight is 321 g/mol. The van der Waals surface area contributed by atoms with Gasteiger partial charge in [-0.15, -0.1) is 0 Å². The summed E-state index contributed by atoms with van der Waals surface area (Å²) in [4.78, 5) is 0. The number of nitrogens with one attached hydrogen (secondary N) is 1. The first-order valence-corrected chi connectivity index (χ1v) is 7.77. The zero-order chi connectivity index (χ0) is 14.2. The Balaban J connectivity index is 1.79. The topological polar surface area (TPSA) is 24.4 Å². The van der Waals surface area contributed by atoms with E-state index in [0.717, 1.165) is 11.3 Å². The summed E-state index contributed by atoms with van der Waals surface area (Å²) in [6.45, 7) is 0. The van der Waals surface area contributed by atoms with Crippen LogP contribution in [0.5, 0.6) is 0 Å². The maximum absolute atomic E-state index is 6.02. The van der Waals surface area contributed by atoms with Crippen LogP contribution in [0.2, 0.25) is 5.02 Å². The van der Waals surface area contributed by atoms with Crippen LogP contribution in [-0.4, -0.2) is 10.5 Å². The molecule has 0 atom stereocenters. The first-order chi connectivity index (χ1) is 9.75. The van der Waals surface area contributed by atoms with Gasteiger partial charge in [-0.1, -0.05) is 84.1 Å². The van der Waals surface area contributed by atoms with Crippen molar-refractivity contribution in [3.8, 4) is 0 Å². The lowest BCUT2D eigenvalue weighted by molar-refractivity contribution is 1.07. The first kappa shape index (κ1) is 15.0. The van der Waals surface area contributed by atoms with E-state index in [1.165, 1.54) is 5.56 Å². The van der Waals surface area contributed by atoms with E-state index in [1.807, 2.05) is 42.5 Å². The van der Waals surface area contributed by atoms with E-state index in [2.05, 4.69) is 22.7 Å². The molecular weight excluding hydrogens is 308 g/mol. The molecule has 2 nitrogen and oxygen atoms in total. The van der Waals surface area contributed by atoms with Crippen molar-refractivity contribution >= 4 is 46.1 Å². The minimum absolute atomic E-state index is 0.636. The molecule has 0 amide bonds. The lowest BCUT2D eigenvalue weighted by Crippen LogP contribution is -2.11. The van der Waals surface area contributed by atoms with Crippen LogP contribution < -0.4 is 5.43 Å². The van der Waals surface area contributed by atoms with Crippen molar-refractivity contribution in [2.45, 2.75) is 5.75 Å². The van der Waals surface area contributed by atoms with Crippen LogP contribution in [0.1, 0.15) is 11.1 Å². The minimum Gasteiger partial charge on any atom is -0.262 e. The number of hydrazone groups is 1. The second kappa shape index (κ2) is 8.04. The van der Waals surface area contributed by atoms with Crippen molar-refractivity contribution in [1.82, 2.24) is 5.43 Å². The molecule has 0 fully saturated rings. The molecule has 0 radical (unpaired) electrons. The van der Waals surface area contributed by atoms with Crippen molar-refractivity contribution < 1.29 is 0 Å². The fourth-order valence-electron chi connectivity index (χ4n) is 1.49. The molecule has 0 bridgehead atoms. The number of hydrogen-bond donors (Lipinski definition) is 1. The SMILES string of the molecule is S=C(N/N=C/c1ccccc1Cl)SCc1ccccc1. The third kappa shape index (κ3) is 4.96. The monoisotopic (exact) mass is 320 g/mol. The highest BCUT2D eigenvalue weighted by molar-refractivity contribution is 8.22. The Morgan fingerprint density at radius 2 is 1.85 bits per heavy atom. The summed E-state index contributed by atoms with van der Waals surface area (Å²) in [5.74, 6) is 0.828. The Kier molecular flexibility index (Phi) is 6.05. The molecule has 0 unspecified atom stereocenters. The van der Waals surface area contributed by atoms with Crippen LogP contribution >= 0.6 is 35.6 Å². The standard InChI is InChI=1S/C15H13ClN2S2/c16-14-9-5-4-8-13(14)10-17-18-15(19)20-11-12-6-2-1-3-7-12/h1-10H,11H2,(H,18,19)/b17-10+. The predicted molar refractivity (Wildman–Crippen MR) is 92.5 cm³/mol. The molecule has 0 aromatic heterocycles. The minimum atomic E-state index is 0.636. The van der Waals surface area contributed by atoms with E-state index in [1.54, 1.807) is 18.0 Å². The van der Waals surface area contributed by atoms with Crippen LogP contribution in [0.4, 0.5) is 0 Å². The van der Waals surface area contributed by atoms with Gasteiger partial charge in [-0.3, -0.25) is 5.43 Å². The zero-order valence-corrected chi connectivity index (χ0v) is 13.0. The van der Waals surface area contributed by atoms with Crippen LogP contribution in [0.3, 0.4) is 0 Å². The largest absolute Gasteiger partial charge is 0.262 e. The number of nitrogens with zero attached hydrogens (tertiary/aromatic N) is 1. The Morgan fingerprint density at radius 1 is 1.15 bits per heavy atom. The Hall–Kier alpha value is -1.36. The summed E-state index contributed by atoms with van der Waals surface area (Å²) in [7, 11) is 0. The number of halogens is 1. The molecule has 2 rings (SSSR count). The maximum atomic E-state index is 6.02. The quantitative estimate of drug-likeness (QED) is 0.510. The van der Waals surface area contributed by atoms with Crippen LogP contribution in [0, 0.1) is 0 Å². The van der Waals surface area contributed by atoms with E-state index in [4.69, 9.17) is 23.8 Å². The number of thioether (sulfide) groups is 1. The molecule has 102 valence electrons. The summed E-state index contributed by atoms with van der Waals surface area (Å²) < 4.78 is 0.636. The predicted octanol–water partition coefficient (Wildman–Crippen LogP) is 4.48. The molecule has 20 heavy (non-hydrogen) atoms. The third-order valence-corrected chi connectivity index (χ3v) is 4.10. The zero-order valence-electron chi connectivity index (χ0n) is 10.6. The molecule has 0 aliphatic carbocycles. The van der Waals surface area contributed by atoms with Gasteiger partial charge < -0.3 is 0 Å². The van der Waals surface area contributed by atoms with Gasteiger partial charge in [0.2, 0.25) is 0 Å². The second-order valence-corrected chi connectivity index (χ2v) is 6.01. The van der Waals surface area contributed by atoms with Gasteiger partial charge in [-0.05, 0) is 11.6 Å². The molecule has 5 heteroatoms. The summed E-state index contributed by atoms with van der Waals surface area (Å²) >= 11 is 12.8. The first-order valence-electron chi connectivity index (χ1n) is 6.00. The second-order valence-electron chi connectivity index (χ2n) is 3.95. The molecule has 0 saturated heterocycles. The van der Waals surface area contributed by atoms with Crippen molar-refractivity contribution in [2.24, 2.45) is 5.10 Å². The Bertz CT molecular complexity index is 600. The number of thiocarbonyl (C=S) groups is 1. The molecule has 1 N–H and O–H groups in total. The van der Waals surface area contributed by atoms with E-state index < -0.39 is 0 Å². The number of hydrogen-bond acceptors (Lipinski definition) is 3. The van der Waals surface area contributed by atoms with Crippen molar-refractivity contribution in [3.63, 3.8) is 0 Å². The fraction of sp³-hybridized carbons (Fsp3) is 0.0667. The highest BCUT2D eigenvalue weighted by Gasteiger charge is 1.98. The molecule has 0 spiro atoms. The van der Waals surface area contributed by atoms with E-state index >= 15 is 0 Å². The fourth-order valence-corrected chi connectivity index (χ4v) is 2.51. The normalized spacial score (nSPS) is 10.7. The highest BCUT2D eigenvalue weighted by atomic mass is 35.5. The van der Waals surface area contributed by atoms with Gasteiger partial charge in [-0.25, -0.2) is 0 Å². The molecule has 0 saturated carbocycles. The van der Waals surface area contributed by atoms with Gasteiger partial charge >= 0.3 is 0 Å². The van der Waals surface area contributed by atoms with E-state index in [9.17, 15) is 0 Å². The molecule has 2 aromatic rings. The van der Waals surface area contributed by atoms with Gasteiger partial charge in [0.15, 0.2) is 4.32 Å². The number of rotatable bonds is 4. The van der Waals surface area contributed by atoms with Gasteiger partial charge in [-0.2, -0.15) is 5.10 Å². The van der Waals surface area contributed by atoms with Gasteiger partial charge in [0.05, 0.1) is 6.21 Å². The molecule has 2 aromatic carbocycles. The molecule has 0 aliphatic heterocycles. The Labute approximate surface area is 133 Å². The van der Waals surface area contributed by atoms with Gasteiger partial charge in [0, 0.05) is 16.3 Å². The van der Waals surface area contributed by atoms with Gasteiger partial charge in [0.25, 0.3) is 0 Å². The van der Waals surface area contributed by atoms with E-state index in [-0.39, 0.29) is 0 Å². The Morgan fingerprint density at radius 3 is 2.60 bits per heavy atom. The summed E-state index contributed by atoms with van der Waals surface area (Å²) in [6, 6.07) is 17.7. The highest BCUT2D eigenvalue weighted by Crippen LogP contribution is 2.13. The average Bonchev–Trinajstić information content (AvgIpc) is 2.48. The summed E-state index contributed by atoms with van der Waals surface area (Å²) in [5.41, 5.74) is 4.93. The molecule has 0 aliphatic rings. The van der Waals surface area contributed by atoms with Crippen LogP contribution in [0.15, 0.2) is 59.7 Å². The summed E-state index contributed by atoms with van der Waals surface area (Å²) in [6.07, 6.45) is 1.66. The molecular formula is C15H13ClN2S2. The third-order valence-electron chi connectivity index (χ3n) is 2.48. The van der Waals surface area contributed by atoms with Crippen molar-refractivity contribution in [1.29, 1.82) is 0 Å². The number of benzene rings is 2.